The van der Waals surface area contributed by atoms with Gasteiger partial charge in [-0.3, -0.25) is 4.90 Å². The number of carboxylic acid groups (broad SMARTS) is 1. The monoisotopic (exact) mass is 285 g/mol. The van der Waals surface area contributed by atoms with Crippen molar-refractivity contribution in [1.82, 2.24) is 4.90 Å². The minimum Gasteiger partial charge on any atom is -0.480 e. The fraction of sp³-hybridized carbons (Fsp3) is 0.867. The van der Waals surface area contributed by atoms with E-state index in [4.69, 9.17) is 4.74 Å². The van der Waals surface area contributed by atoms with Gasteiger partial charge in [0, 0.05) is 6.54 Å². The van der Waals surface area contributed by atoms with Gasteiger partial charge < -0.3 is 9.84 Å². The molecule has 5 nitrogen and oxygen atoms in total. The number of aliphatic carboxylic acids is 1. The highest BCUT2D eigenvalue weighted by atomic mass is 16.6. The first-order valence-electron chi connectivity index (χ1n) is 7.47. The molecule has 1 aliphatic rings. The van der Waals surface area contributed by atoms with E-state index in [0.29, 0.717) is 25.3 Å². The van der Waals surface area contributed by atoms with E-state index in [2.05, 4.69) is 0 Å². The van der Waals surface area contributed by atoms with E-state index in [1.165, 1.54) is 4.90 Å². The average molecular weight is 285 g/mol. The van der Waals surface area contributed by atoms with E-state index in [9.17, 15) is 14.7 Å². The van der Waals surface area contributed by atoms with Crippen LogP contribution in [0.4, 0.5) is 4.79 Å². The Hall–Kier alpha value is -1.26. The second-order valence-electron chi connectivity index (χ2n) is 6.56. The summed E-state index contributed by atoms with van der Waals surface area (Å²) in [6.07, 6.45) is 4.03. The second-order valence-corrected chi connectivity index (χ2v) is 6.56. The lowest BCUT2D eigenvalue weighted by atomic mass is 9.80. The Morgan fingerprint density at radius 1 is 1.35 bits per heavy atom. The van der Waals surface area contributed by atoms with Crippen molar-refractivity contribution in [1.29, 1.82) is 0 Å². The molecule has 0 saturated heterocycles. The van der Waals surface area contributed by atoms with Crippen LogP contribution in [0, 0.1) is 5.92 Å². The highest BCUT2D eigenvalue weighted by Crippen LogP contribution is 2.32. The molecule has 5 heteroatoms. The van der Waals surface area contributed by atoms with Gasteiger partial charge in [-0.15, -0.1) is 0 Å². The largest absolute Gasteiger partial charge is 0.480 e. The zero-order valence-electron chi connectivity index (χ0n) is 13.0. The van der Waals surface area contributed by atoms with Crippen LogP contribution in [-0.2, 0) is 9.53 Å². The van der Waals surface area contributed by atoms with Gasteiger partial charge in [-0.1, -0.05) is 26.2 Å². The number of carbonyl (C=O) groups excluding carboxylic acids is 1. The third kappa shape index (κ3) is 5.02. The van der Waals surface area contributed by atoms with E-state index >= 15 is 0 Å². The van der Waals surface area contributed by atoms with Crippen LogP contribution in [0.15, 0.2) is 0 Å². The van der Waals surface area contributed by atoms with Crippen molar-refractivity contribution in [2.24, 2.45) is 5.92 Å². The Morgan fingerprint density at radius 3 is 2.30 bits per heavy atom. The molecule has 0 spiro atoms. The quantitative estimate of drug-likeness (QED) is 0.813. The van der Waals surface area contributed by atoms with Crippen molar-refractivity contribution in [3.8, 4) is 0 Å². The Bertz CT molecular complexity index is 344. The second kappa shape index (κ2) is 6.95. The topological polar surface area (TPSA) is 66.8 Å². The SMILES string of the molecule is CCCN(C(=O)OC(C)(C)C)C(CC1CCC1)C(=O)O. The van der Waals surface area contributed by atoms with Gasteiger partial charge in [-0.25, -0.2) is 9.59 Å². The standard InChI is InChI=1S/C15H27NO4/c1-5-9-16(14(19)20-15(2,3)4)12(13(17)18)10-11-7-6-8-11/h11-12H,5-10H2,1-4H3,(H,17,18). The third-order valence-electron chi connectivity index (χ3n) is 3.54. The summed E-state index contributed by atoms with van der Waals surface area (Å²) in [5.74, 6) is -0.505. The predicted molar refractivity (Wildman–Crippen MR) is 76.6 cm³/mol. The van der Waals surface area contributed by atoms with Gasteiger partial charge >= 0.3 is 12.1 Å². The highest BCUT2D eigenvalue weighted by molar-refractivity contribution is 5.80. The summed E-state index contributed by atoms with van der Waals surface area (Å²) in [7, 11) is 0. The third-order valence-corrected chi connectivity index (χ3v) is 3.54. The molecule has 0 bridgehead atoms. The molecule has 0 aliphatic heterocycles. The molecular formula is C15H27NO4. The van der Waals surface area contributed by atoms with Gasteiger partial charge in [0.1, 0.15) is 11.6 Å². The highest BCUT2D eigenvalue weighted by Gasteiger charge is 2.35. The number of carbonyl (C=O) groups is 2. The van der Waals surface area contributed by atoms with Crippen molar-refractivity contribution in [2.75, 3.05) is 6.54 Å². The number of ether oxygens (including phenoxy) is 1. The molecule has 0 aromatic heterocycles. The molecule has 0 aromatic rings. The molecule has 1 unspecified atom stereocenters. The molecule has 1 amide bonds. The van der Waals surface area contributed by atoms with E-state index in [-0.39, 0.29) is 0 Å². The molecule has 1 atom stereocenters. The molecular weight excluding hydrogens is 258 g/mol. The van der Waals surface area contributed by atoms with Crippen molar-refractivity contribution >= 4 is 12.1 Å². The molecule has 0 radical (unpaired) electrons. The fourth-order valence-corrected chi connectivity index (χ4v) is 2.34. The van der Waals surface area contributed by atoms with Gasteiger partial charge in [0.25, 0.3) is 0 Å². The van der Waals surface area contributed by atoms with Crippen LogP contribution in [0.3, 0.4) is 0 Å². The van der Waals surface area contributed by atoms with Crippen LogP contribution in [0.1, 0.15) is 59.8 Å². The summed E-state index contributed by atoms with van der Waals surface area (Å²) in [6, 6.07) is -0.768. The number of hydrogen-bond donors (Lipinski definition) is 1. The van der Waals surface area contributed by atoms with Crippen LogP contribution >= 0.6 is 0 Å². The minimum absolute atomic E-state index is 0.415. The van der Waals surface area contributed by atoms with Crippen LogP contribution in [0.2, 0.25) is 0 Å². The van der Waals surface area contributed by atoms with Crippen molar-refractivity contribution in [3.05, 3.63) is 0 Å². The maximum Gasteiger partial charge on any atom is 0.411 e. The zero-order valence-corrected chi connectivity index (χ0v) is 13.0. The van der Waals surface area contributed by atoms with Crippen LogP contribution in [-0.4, -0.2) is 40.3 Å². The molecule has 20 heavy (non-hydrogen) atoms. The number of rotatable bonds is 6. The van der Waals surface area contributed by atoms with E-state index in [0.717, 1.165) is 19.3 Å². The van der Waals surface area contributed by atoms with Crippen LogP contribution in [0.25, 0.3) is 0 Å². The van der Waals surface area contributed by atoms with E-state index in [1.807, 2.05) is 6.92 Å². The number of hydrogen-bond acceptors (Lipinski definition) is 3. The Morgan fingerprint density at radius 2 is 1.95 bits per heavy atom. The van der Waals surface area contributed by atoms with Gasteiger partial charge in [-0.05, 0) is 39.5 Å². The summed E-state index contributed by atoms with van der Waals surface area (Å²) in [5.41, 5.74) is -0.609. The summed E-state index contributed by atoms with van der Waals surface area (Å²) >= 11 is 0. The smallest absolute Gasteiger partial charge is 0.411 e. The number of nitrogens with zero attached hydrogens (tertiary/aromatic N) is 1. The van der Waals surface area contributed by atoms with Gasteiger partial charge in [0.2, 0.25) is 0 Å². The number of amides is 1. The first-order chi connectivity index (χ1) is 9.24. The lowest BCUT2D eigenvalue weighted by Crippen LogP contribution is -2.48. The minimum atomic E-state index is -0.934. The molecule has 1 fully saturated rings. The van der Waals surface area contributed by atoms with Crippen molar-refractivity contribution in [3.63, 3.8) is 0 Å². The molecule has 116 valence electrons. The van der Waals surface area contributed by atoms with Crippen LogP contribution in [0.5, 0.6) is 0 Å². The van der Waals surface area contributed by atoms with Crippen LogP contribution < -0.4 is 0 Å². The fourth-order valence-electron chi connectivity index (χ4n) is 2.34. The lowest BCUT2D eigenvalue weighted by molar-refractivity contribution is -0.144. The summed E-state index contributed by atoms with van der Waals surface area (Å²) in [4.78, 5) is 25.1. The van der Waals surface area contributed by atoms with Gasteiger partial charge in [0.15, 0.2) is 0 Å². The molecule has 1 aliphatic carbocycles. The van der Waals surface area contributed by atoms with Crippen molar-refractivity contribution in [2.45, 2.75) is 71.4 Å². The predicted octanol–water partition coefficient (Wildman–Crippen LogP) is 3.28. The normalized spacial score (nSPS) is 17.2. The zero-order chi connectivity index (χ0) is 15.3. The summed E-state index contributed by atoms with van der Waals surface area (Å²) in [6.45, 7) is 7.71. The van der Waals surface area contributed by atoms with E-state index in [1.54, 1.807) is 20.8 Å². The van der Waals surface area contributed by atoms with Gasteiger partial charge in [-0.2, -0.15) is 0 Å². The lowest BCUT2D eigenvalue weighted by Gasteiger charge is -2.35. The molecule has 1 rings (SSSR count). The maximum absolute atomic E-state index is 12.2. The van der Waals surface area contributed by atoms with E-state index < -0.39 is 23.7 Å². The molecule has 0 heterocycles. The Kier molecular flexibility index (Phi) is 5.84. The van der Waals surface area contributed by atoms with Gasteiger partial charge in [0.05, 0.1) is 0 Å². The maximum atomic E-state index is 12.2. The summed E-state index contributed by atoms with van der Waals surface area (Å²) < 4.78 is 5.34. The average Bonchev–Trinajstić information content (AvgIpc) is 2.22. The first kappa shape index (κ1) is 16.8. The molecule has 0 aromatic carbocycles. The van der Waals surface area contributed by atoms with Crippen molar-refractivity contribution < 1.29 is 19.4 Å². The molecule has 1 N–H and O–H groups in total. The summed E-state index contributed by atoms with van der Waals surface area (Å²) in [5, 5.41) is 9.44. The Labute approximate surface area is 121 Å². The first-order valence-corrected chi connectivity index (χ1v) is 7.47. The Balaban J connectivity index is 2.77. The number of carboxylic acids is 1. The molecule has 1 saturated carbocycles.